The van der Waals surface area contributed by atoms with Crippen molar-refractivity contribution in [3.63, 3.8) is 0 Å². The number of nitrogens with zero attached hydrogens (tertiary/aromatic N) is 2. The molecule has 1 saturated heterocycles. The summed E-state index contributed by atoms with van der Waals surface area (Å²) in [5.74, 6) is -0.489. The molecule has 3 rings (SSSR count). The lowest BCUT2D eigenvalue weighted by molar-refractivity contribution is -0.138. The van der Waals surface area contributed by atoms with Gasteiger partial charge in [0.2, 0.25) is 0 Å². The summed E-state index contributed by atoms with van der Waals surface area (Å²) in [6.45, 7) is 4.93. The molecule has 0 N–H and O–H groups in total. The van der Waals surface area contributed by atoms with Crippen LogP contribution in [0.3, 0.4) is 0 Å². The number of rotatable bonds is 5. The van der Waals surface area contributed by atoms with Crippen molar-refractivity contribution in [1.29, 1.82) is 0 Å². The Morgan fingerprint density at radius 1 is 1.08 bits per heavy atom. The van der Waals surface area contributed by atoms with Gasteiger partial charge < -0.3 is 14.4 Å². The number of benzene rings is 1. The zero-order valence-corrected chi connectivity index (χ0v) is 14.1. The van der Waals surface area contributed by atoms with E-state index in [1.165, 1.54) is 4.90 Å². The van der Waals surface area contributed by atoms with E-state index in [-0.39, 0.29) is 18.4 Å². The van der Waals surface area contributed by atoms with Gasteiger partial charge in [-0.2, -0.15) is 0 Å². The maximum atomic E-state index is 12.9. The van der Waals surface area contributed by atoms with Crippen molar-refractivity contribution >= 4 is 17.4 Å². The Kier molecular flexibility index (Phi) is 4.97. The first-order valence-corrected chi connectivity index (χ1v) is 8.12. The van der Waals surface area contributed by atoms with Crippen LogP contribution in [0.1, 0.15) is 11.1 Å². The van der Waals surface area contributed by atoms with Gasteiger partial charge in [-0.25, -0.2) is 0 Å². The summed E-state index contributed by atoms with van der Waals surface area (Å²) in [6, 6.07) is 7.70. The lowest BCUT2D eigenvalue weighted by Gasteiger charge is -2.29. The highest BCUT2D eigenvalue weighted by atomic mass is 16.5. The zero-order chi connectivity index (χ0) is 17.1. The molecular formula is C18H22N2O4. The van der Waals surface area contributed by atoms with Crippen molar-refractivity contribution < 1.29 is 19.1 Å². The molecule has 0 bridgehead atoms. The molecule has 1 fully saturated rings. The van der Waals surface area contributed by atoms with E-state index in [9.17, 15) is 9.59 Å². The minimum absolute atomic E-state index is 0.241. The lowest BCUT2D eigenvalue weighted by Crippen LogP contribution is -2.41. The van der Waals surface area contributed by atoms with Crippen LogP contribution in [0, 0.1) is 6.92 Å². The van der Waals surface area contributed by atoms with Crippen molar-refractivity contribution in [3.8, 4) is 0 Å². The summed E-state index contributed by atoms with van der Waals surface area (Å²) in [5, 5.41) is 0. The number of carbonyl (C=O) groups is 2. The predicted molar refractivity (Wildman–Crippen MR) is 89.1 cm³/mol. The number of morpholine rings is 1. The van der Waals surface area contributed by atoms with Gasteiger partial charge in [-0.05, 0) is 12.5 Å². The highest BCUT2D eigenvalue weighted by Gasteiger charge is 2.41. The van der Waals surface area contributed by atoms with E-state index in [0.29, 0.717) is 44.2 Å². The topological polar surface area (TPSA) is 59.1 Å². The van der Waals surface area contributed by atoms with Gasteiger partial charge in [-0.15, -0.1) is 0 Å². The SMILES string of the molecule is COCCN1C(=O)C(c2ccc(C)cc2)=C(N2CCOCC2)C1=O. The fourth-order valence-corrected chi connectivity index (χ4v) is 3.01. The number of imide groups is 1. The van der Waals surface area contributed by atoms with Crippen LogP contribution >= 0.6 is 0 Å². The van der Waals surface area contributed by atoms with Gasteiger partial charge in [0.15, 0.2) is 0 Å². The molecule has 24 heavy (non-hydrogen) atoms. The van der Waals surface area contributed by atoms with E-state index in [2.05, 4.69) is 0 Å². The third-order valence-corrected chi connectivity index (χ3v) is 4.33. The van der Waals surface area contributed by atoms with Crippen molar-refractivity contribution in [2.45, 2.75) is 6.92 Å². The third kappa shape index (κ3) is 3.07. The van der Waals surface area contributed by atoms with Crippen molar-refractivity contribution in [2.24, 2.45) is 0 Å². The highest BCUT2D eigenvalue weighted by Crippen LogP contribution is 2.32. The van der Waals surface area contributed by atoms with E-state index >= 15 is 0 Å². The molecule has 0 unspecified atom stereocenters. The van der Waals surface area contributed by atoms with Crippen molar-refractivity contribution in [2.75, 3.05) is 46.6 Å². The molecule has 0 spiro atoms. The Balaban J connectivity index is 2.01. The van der Waals surface area contributed by atoms with Gasteiger partial charge in [0.1, 0.15) is 5.70 Å². The molecule has 1 aromatic rings. The van der Waals surface area contributed by atoms with Gasteiger partial charge in [0.05, 0.1) is 31.9 Å². The predicted octanol–water partition coefficient (Wildman–Crippen LogP) is 1.05. The van der Waals surface area contributed by atoms with E-state index < -0.39 is 0 Å². The molecule has 2 heterocycles. The average molecular weight is 330 g/mol. The molecule has 0 atom stereocenters. The van der Waals surface area contributed by atoms with Crippen LogP contribution in [0.2, 0.25) is 0 Å². The summed E-state index contributed by atoms with van der Waals surface area (Å²) in [5.41, 5.74) is 2.86. The first kappa shape index (κ1) is 16.7. The first-order chi connectivity index (χ1) is 11.6. The Labute approximate surface area is 141 Å². The molecular weight excluding hydrogens is 308 g/mol. The van der Waals surface area contributed by atoms with Crippen LogP contribution in [-0.2, 0) is 19.1 Å². The van der Waals surface area contributed by atoms with Crippen LogP contribution < -0.4 is 0 Å². The van der Waals surface area contributed by atoms with Gasteiger partial charge in [-0.3, -0.25) is 14.5 Å². The molecule has 0 radical (unpaired) electrons. The molecule has 0 aromatic heterocycles. The Morgan fingerprint density at radius 3 is 2.38 bits per heavy atom. The van der Waals surface area contributed by atoms with E-state index in [1.807, 2.05) is 36.1 Å². The fraction of sp³-hybridized carbons (Fsp3) is 0.444. The van der Waals surface area contributed by atoms with Crippen LogP contribution in [0.25, 0.3) is 5.57 Å². The lowest BCUT2D eigenvalue weighted by atomic mass is 10.0. The Hall–Kier alpha value is -2.18. The van der Waals surface area contributed by atoms with Crippen LogP contribution in [-0.4, -0.2) is 68.2 Å². The normalized spacial score (nSPS) is 18.8. The number of ether oxygens (including phenoxy) is 2. The van der Waals surface area contributed by atoms with Crippen molar-refractivity contribution in [1.82, 2.24) is 9.80 Å². The largest absolute Gasteiger partial charge is 0.383 e. The van der Waals surface area contributed by atoms with Gasteiger partial charge in [0, 0.05) is 20.2 Å². The van der Waals surface area contributed by atoms with Crippen LogP contribution in [0.4, 0.5) is 0 Å². The molecule has 2 amide bonds. The number of hydrogen-bond donors (Lipinski definition) is 0. The number of hydrogen-bond acceptors (Lipinski definition) is 5. The molecule has 2 aliphatic rings. The van der Waals surface area contributed by atoms with E-state index in [4.69, 9.17) is 9.47 Å². The standard InChI is InChI=1S/C18H22N2O4/c1-13-3-5-14(6-4-13)15-16(19-7-11-24-12-8-19)18(22)20(17(15)21)9-10-23-2/h3-6H,7-12H2,1-2H3. The highest BCUT2D eigenvalue weighted by molar-refractivity contribution is 6.35. The van der Waals surface area contributed by atoms with E-state index in [1.54, 1.807) is 7.11 Å². The number of carbonyl (C=O) groups excluding carboxylic acids is 2. The summed E-state index contributed by atoms with van der Waals surface area (Å²) in [6.07, 6.45) is 0. The first-order valence-electron chi connectivity index (χ1n) is 8.12. The number of aryl methyl sites for hydroxylation is 1. The second kappa shape index (κ2) is 7.15. The maximum Gasteiger partial charge on any atom is 0.277 e. The summed E-state index contributed by atoms with van der Waals surface area (Å²) in [4.78, 5) is 29.0. The fourth-order valence-electron chi connectivity index (χ4n) is 3.01. The third-order valence-electron chi connectivity index (χ3n) is 4.33. The minimum atomic E-state index is -0.248. The second-order valence-electron chi connectivity index (χ2n) is 5.94. The molecule has 2 aliphatic heterocycles. The Morgan fingerprint density at radius 2 is 1.75 bits per heavy atom. The van der Waals surface area contributed by atoms with Gasteiger partial charge in [0.25, 0.3) is 11.8 Å². The van der Waals surface area contributed by atoms with Gasteiger partial charge in [-0.1, -0.05) is 29.8 Å². The Bertz CT molecular complexity index is 660. The molecule has 0 aliphatic carbocycles. The zero-order valence-electron chi connectivity index (χ0n) is 14.1. The molecule has 6 heteroatoms. The number of amides is 2. The summed E-state index contributed by atoms with van der Waals surface area (Å²) >= 11 is 0. The average Bonchev–Trinajstić information content (AvgIpc) is 2.85. The molecule has 1 aromatic carbocycles. The molecule has 128 valence electrons. The van der Waals surface area contributed by atoms with E-state index in [0.717, 1.165) is 11.1 Å². The summed E-state index contributed by atoms with van der Waals surface area (Å²) < 4.78 is 10.4. The summed E-state index contributed by atoms with van der Waals surface area (Å²) in [7, 11) is 1.56. The minimum Gasteiger partial charge on any atom is -0.383 e. The van der Waals surface area contributed by atoms with Crippen LogP contribution in [0.15, 0.2) is 30.0 Å². The smallest absolute Gasteiger partial charge is 0.277 e. The quantitative estimate of drug-likeness (QED) is 0.756. The van der Waals surface area contributed by atoms with Crippen LogP contribution in [0.5, 0.6) is 0 Å². The van der Waals surface area contributed by atoms with Gasteiger partial charge >= 0.3 is 0 Å². The molecule has 0 saturated carbocycles. The maximum absolute atomic E-state index is 12.9. The number of methoxy groups -OCH3 is 1. The second-order valence-corrected chi connectivity index (χ2v) is 5.94. The molecule has 6 nitrogen and oxygen atoms in total. The van der Waals surface area contributed by atoms with Crippen molar-refractivity contribution in [3.05, 3.63) is 41.1 Å². The monoisotopic (exact) mass is 330 g/mol.